The molecule has 0 spiro atoms. The number of hydrogen-bond acceptors (Lipinski definition) is 12. The Bertz CT molecular complexity index is 2540. The SMILES string of the molecule is CCCN(CCC)CC(=O)c1ccn2cccc(OC(C)=O)c12.CCN(C)CC(=O)c1ccn2cccc(OC(C)=O)c12.CCN(CC)CC(=O)c1ccn2cccc(OC(C)=O)c12. The summed E-state index contributed by atoms with van der Waals surface area (Å²) in [6, 6.07) is 15.8. The minimum Gasteiger partial charge on any atom is -0.424 e. The zero-order valence-electron chi connectivity index (χ0n) is 38.6. The van der Waals surface area contributed by atoms with E-state index in [1.807, 2.05) is 61.9 Å². The van der Waals surface area contributed by atoms with E-state index in [2.05, 4.69) is 23.6 Å². The van der Waals surface area contributed by atoms with Crippen LogP contribution in [0.3, 0.4) is 0 Å². The molecule has 6 heterocycles. The lowest BCUT2D eigenvalue weighted by molar-refractivity contribution is -0.132. The third-order valence-electron chi connectivity index (χ3n) is 10.3. The van der Waals surface area contributed by atoms with Crippen molar-refractivity contribution >= 4 is 51.8 Å². The maximum atomic E-state index is 12.7. The average Bonchev–Trinajstić information content (AvgIpc) is 4.01. The Labute approximate surface area is 375 Å². The van der Waals surface area contributed by atoms with Gasteiger partial charge in [-0.1, -0.05) is 34.6 Å². The number of ketones is 3. The normalized spacial score (nSPS) is 11.1. The van der Waals surface area contributed by atoms with E-state index in [1.165, 1.54) is 20.8 Å². The summed E-state index contributed by atoms with van der Waals surface area (Å²) in [4.78, 5) is 77.3. The number of pyridine rings is 3. The first-order chi connectivity index (χ1) is 30.6. The van der Waals surface area contributed by atoms with E-state index in [-0.39, 0.29) is 17.3 Å². The second-order valence-electron chi connectivity index (χ2n) is 15.2. The van der Waals surface area contributed by atoms with E-state index < -0.39 is 17.9 Å². The number of Topliss-reactive ketones (excluding diaryl/α,β-unsaturated/α-hetero) is 3. The standard InChI is InChI=1S/C18H24N2O3.C16H20N2O3.C15H18N2O3/c1-4-9-19(10-5-2)13-16(22)15-8-12-20-11-6-7-17(18(15)20)23-14(3)21;1-4-17(5-2)11-14(20)13-8-10-18-9-6-7-15(16(13)18)21-12(3)19;1-4-16(3)10-13(19)12-7-9-17-8-5-6-14(15(12)17)20-11(2)18/h6-8,11-12H,4-5,9-10,13H2,1-3H3;6-10H,4-5,11H2,1-3H3;5-9H,4,10H2,1-3H3. The van der Waals surface area contributed by atoms with Crippen LogP contribution < -0.4 is 14.2 Å². The van der Waals surface area contributed by atoms with Crippen LogP contribution in [0, 0.1) is 0 Å². The minimum atomic E-state index is -0.400. The Morgan fingerprint density at radius 2 is 0.781 bits per heavy atom. The maximum Gasteiger partial charge on any atom is 0.308 e. The van der Waals surface area contributed by atoms with E-state index in [4.69, 9.17) is 14.2 Å². The van der Waals surface area contributed by atoms with E-state index >= 15 is 0 Å². The highest BCUT2D eigenvalue weighted by molar-refractivity contribution is 6.07. The number of likely N-dealkylation sites (N-methyl/N-ethyl adjacent to an activating group) is 2. The highest BCUT2D eigenvalue weighted by Crippen LogP contribution is 2.28. The largest absolute Gasteiger partial charge is 0.424 e. The van der Waals surface area contributed by atoms with Crippen molar-refractivity contribution in [1.29, 1.82) is 0 Å². The number of nitrogens with zero attached hydrogens (tertiary/aromatic N) is 6. The van der Waals surface area contributed by atoms with Crippen molar-refractivity contribution in [1.82, 2.24) is 27.9 Å². The molecular weight excluding hydrogens is 817 g/mol. The summed E-state index contributed by atoms with van der Waals surface area (Å²) in [5, 5.41) is 0. The summed E-state index contributed by atoms with van der Waals surface area (Å²) < 4.78 is 21.0. The molecule has 0 N–H and O–H groups in total. The molecule has 0 atom stereocenters. The van der Waals surface area contributed by atoms with Gasteiger partial charge in [0, 0.05) is 74.6 Å². The summed E-state index contributed by atoms with van der Waals surface area (Å²) in [6.07, 6.45) is 12.9. The van der Waals surface area contributed by atoms with Gasteiger partial charge in [-0.05, 0) is 107 Å². The fourth-order valence-corrected chi connectivity index (χ4v) is 7.16. The molecule has 0 aliphatic carbocycles. The number of ether oxygens (including phenoxy) is 3. The van der Waals surface area contributed by atoms with Crippen molar-refractivity contribution in [3.8, 4) is 17.2 Å². The quantitative estimate of drug-likeness (QED) is 0.0583. The Hall–Kier alpha value is -6.42. The Kier molecular flexibility index (Phi) is 19.2. The second kappa shape index (κ2) is 24.4. The lowest BCUT2D eigenvalue weighted by Gasteiger charge is -2.19. The van der Waals surface area contributed by atoms with Gasteiger partial charge in [-0.2, -0.15) is 0 Å². The lowest BCUT2D eigenvalue weighted by Crippen LogP contribution is -2.31. The van der Waals surface area contributed by atoms with Gasteiger partial charge in [-0.25, -0.2) is 0 Å². The third-order valence-corrected chi connectivity index (χ3v) is 10.3. The van der Waals surface area contributed by atoms with E-state index in [1.54, 1.807) is 75.8 Å². The lowest BCUT2D eigenvalue weighted by atomic mass is 10.1. The highest BCUT2D eigenvalue weighted by Gasteiger charge is 2.21. The molecule has 0 fully saturated rings. The molecule has 6 aromatic heterocycles. The number of fused-ring (bicyclic) bond motifs is 3. The first-order valence-electron chi connectivity index (χ1n) is 21.7. The van der Waals surface area contributed by atoms with Crippen LogP contribution in [0.2, 0.25) is 0 Å². The minimum absolute atomic E-state index is 0.0106. The zero-order chi connectivity index (χ0) is 46.9. The fraction of sp³-hybridized carbons (Fsp3) is 0.388. The number of aromatic nitrogens is 3. The highest BCUT2D eigenvalue weighted by atomic mass is 16.5. The number of carbonyl (C=O) groups excluding carboxylic acids is 6. The van der Waals surface area contributed by atoms with Gasteiger partial charge < -0.3 is 27.4 Å². The van der Waals surface area contributed by atoms with Crippen LogP contribution in [0.1, 0.15) is 99.3 Å². The van der Waals surface area contributed by atoms with Crippen LogP contribution >= 0.6 is 0 Å². The van der Waals surface area contributed by atoms with Gasteiger partial charge in [0.05, 0.1) is 36.2 Å². The van der Waals surface area contributed by atoms with Crippen molar-refractivity contribution in [2.75, 3.05) is 59.4 Å². The molecule has 0 saturated carbocycles. The molecule has 0 aliphatic heterocycles. The van der Waals surface area contributed by atoms with Crippen molar-refractivity contribution in [3.05, 3.63) is 108 Å². The van der Waals surface area contributed by atoms with Crippen LogP contribution in [0.15, 0.2) is 91.8 Å². The van der Waals surface area contributed by atoms with Crippen molar-refractivity contribution < 1.29 is 43.0 Å². The Balaban J connectivity index is 0.000000211. The van der Waals surface area contributed by atoms with Gasteiger partial charge in [0.25, 0.3) is 0 Å². The van der Waals surface area contributed by atoms with Gasteiger partial charge in [-0.3, -0.25) is 43.5 Å². The second-order valence-corrected chi connectivity index (χ2v) is 15.2. The molecule has 0 saturated heterocycles. The Morgan fingerprint density at radius 3 is 1.08 bits per heavy atom. The topological polar surface area (TPSA) is 153 Å². The smallest absolute Gasteiger partial charge is 0.308 e. The van der Waals surface area contributed by atoms with Gasteiger partial charge in [0.1, 0.15) is 0 Å². The molecule has 0 amide bonds. The first-order valence-corrected chi connectivity index (χ1v) is 21.7. The maximum absolute atomic E-state index is 12.7. The summed E-state index contributed by atoms with van der Waals surface area (Å²) in [5.41, 5.74) is 3.68. The monoisotopic (exact) mass is 878 g/mol. The van der Waals surface area contributed by atoms with Crippen LogP contribution in [0.4, 0.5) is 0 Å². The average molecular weight is 879 g/mol. The molecule has 64 heavy (non-hydrogen) atoms. The first kappa shape index (κ1) is 50.2. The molecule has 6 aromatic rings. The van der Waals surface area contributed by atoms with E-state index in [0.717, 1.165) is 45.6 Å². The summed E-state index contributed by atoms with van der Waals surface area (Å²) in [6.45, 7) is 19.7. The van der Waals surface area contributed by atoms with E-state index in [9.17, 15) is 28.8 Å². The zero-order valence-corrected chi connectivity index (χ0v) is 38.6. The Morgan fingerprint density at radius 1 is 0.453 bits per heavy atom. The van der Waals surface area contributed by atoms with Crippen molar-refractivity contribution in [2.24, 2.45) is 0 Å². The van der Waals surface area contributed by atoms with Gasteiger partial charge in [0.15, 0.2) is 34.6 Å². The number of hydrogen-bond donors (Lipinski definition) is 0. The number of esters is 3. The summed E-state index contributed by atoms with van der Waals surface area (Å²) >= 11 is 0. The van der Waals surface area contributed by atoms with Crippen molar-refractivity contribution in [3.63, 3.8) is 0 Å². The number of carbonyl (C=O) groups is 6. The molecule has 0 aromatic carbocycles. The molecule has 342 valence electrons. The van der Waals surface area contributed by atoms with Crippen LogP contribution in [-0.2, 0) is 14.4 Å². The van der Waals surface area contributed by atoms with Crippen LogP contribution in [0.5, 0.6) is 17.2 Å². The molecule has 0 bridgehead atoms. The molecule has 15 heteroatoms. The van der Waals surface area contributed by atoms with Crippen LogP contribution in [0.25, 0.3) is 16.6 Å². The molecule has 0 aliphatic rings. The van der Waals surface area contributed by atoms with Gasteiger partial charge in [0.2, 0.25) is 0 Å². The third kappa shape index (κ3) is 13.5. The molecular formula is C49H62N6O9. The van der Waals surface area contributed by atoms with Gasteiger partial charge in [-0.15, -0.1) is 0 Å². The van der Waals surface area contributed by atoms with Gasteiger partial charge >= 0.3 is 17.9 Å². The molecule has 0 radical (unpaired) electrons. The summed E-state index contributed by atoms with van der Waals surface area (Å²) in [5.74, 6) is 0.147. The van der Waals surface area contributed by atoms with Crippen LogP contribution in [-0.4, -0.2) is 123 Å². The predicted octanol–water partition coefficient (Wildman–Crippen LogP) is 7.56. The van der Waals surface area contributed by atoms with Crippen molar-refractivity contribution in [2.45, 2.75) is 68.2 Å². The fourth-order valence-electron chi connectivity index (χ4n) is 7.16. The summed E-state index contributed by atoms with van der Waals surface area (Å²) in [7, 11) is 1.89. The molecule has 6 rings (SSSR count). The van der Waals surface area contributed by atoms with E-state index in [0.29, 0.717) is 70.1 Å². The number of rotatable bonds is 19. The molecule has 0 unspecified atom stereocenters. The predicted molar refractivity (Wildman–Crippen MR) is 247 cm³/mol. The molecule has 15 nitrogen and oxygen atoms in total.